The third kappa shape index (κ3) is 48.5. The number of aliphatic hydroxyl groups is 1. The quantitative estimate of drug-likeness (QED) is 0.0197. The number of unbranched alkanes of at least 4 members (excludes halogenated alkanes) is 26. The lowest BCUT2D eigenvalue weighted by Crippen LogP contribution is -2.30. The van der Waals surface area contributed by atoms with Crippen LogP contribution < -0.4 is 0 Å². The Labute approximate surface area is 415 Å². The van der Waals surface area contributed by atoms with Crippen molar-refractivity contribution in [3.63, 3.8) is 0 Å². The molecule has 0 aromatic heterocycles. The molecule has 0 aliphatic carbocycles. The van der Waals surface area contributed by atoms with Crippen molar-refractivity contribution in [1.29, 1.82) is 0 Å². The van der Waals surface area contributed by atoms with Crippen LogP contribution in [0.5, 0.6) is 0 Å². The van der Waals surface area contributed by atoms with E-state index in [1.807, 2.05) is 12.2 Å². The fourth-order valence-electron chi connectivity index (χ4n) is 7.61. The van der Waals surface area contributed by atoms with Crippen LogP contribution >= 0.6 is 7.82 Å². The van der Waals surface area contributed by atoms with Gasteiger partial charge in [-0.15, -0.1) is 0 Å². The van der Waals surface area contributed by atoms with Crippen LogP contribution in [0.3, 0.4) is 0 Å². The predicted octanol–water partition coefficient (Wildman–Crippen LogP) is 15.8. The summed E-state index contributed by atoms with van der Waals surface area (Å²) in [6, 6.07) is 0. The maximum Gasteiger partial charge on any atom is 0.472 e. The van der Waals surface area contributed by atoms with Crippen molar-refractivity contribution in [1.82, 2.24) is 0 Å². The molecular formula is C56H101O11P. The highest BCUT2D eigenvalue weighted by Gasteiger charge is 2.28. The van der Waals surface area contributed by atoms with Crippen LogP contribution in [-0.4, -0.2) is 66.5 Å². The highest BCUT2D eigenvalue weighted by Crippen LogP contribution is 2.43. The molecule has 0 saturated heterocycles. The summed E-state index contributed by atoms with van der Waals surface area (Å²) in [4.78, 5) is 48.3. The van der Waals surface area contributed by atoms with Gasteiger partial charge in [0, 0.05) is 19.3 Å². The molecule has 0 bridgehead atoms. The monoisotopic (exact) mass is 981 g/mol. The van der Waals surface area contributed by atoms with Gasteiger partial charge in [0.05, 0.1) is 19.8 Å². The molecule has 12 heteroatoms. The van der Waals surface area contributed by atoms with Gasteiger partial charge < -0.3 is 24.2 Å². The first kappa shape index (κ1) is 65.4. The van der Waals surface area contributed by atoms with Crippen molar-refractivity contribution in [2.75, 3.05) is 26.4 Å². The number of ether oxygens (including phenoxy) is 3. The molecule has 0 aliphatic rings. The number of hydrogen-bond acceptors (Lipinski definition) is 10. The van der Waals surface area contributed by atoms with Gasteiger partial charge in [-0.1, -0.05) is 236 Å². The van der Waals surface area contributed by atoms with E-state index in [1.54, 1.807) is 0 Å². The van der Waals surface area contributed by atoms with Crippen molar-refractivity contribution >= 4 is 25.7 Å². The van der Waals surface area contributed by atoms with Crippen LogP contribution in [0.25, 0.3) is 0 Å². The number of phosphoric acid groups is 1. The Morgan fingerprint density at radius 1 is 0.426 bits per heavy atom. The molecule has 3 unspecified atom stereocenters. The van der Waals surface area contributed by atoms with Gasteiger partial charge >= 0.3 is 25.7 Å². The number of phosphoric ester groups is 1. The zero-order valence-electron chi connectivity index (χ0n) is 43.6. The normalized spacial score (nSPS) is 13.8. The molecule has 0 heterocycles. The van der Waals surface area contributed by atoms with Crippen molar-refractivity contribution < 1.29 is 52.2 Å². The van der Waals surface area contributed by atoms with Crippen molar-refractivity contribution in [3.8, 4) is 0 Å². The van der Waals surface area contributed by atoms with Crippen LogP contribution in [-0.2, 0) is 42.2 Å². The van der Waals surface area contributed by atoms with Crippen molar-refractivity contribution in [3.05, 3.63) is 48.6 Å². The van der Waals surface area contributed by atoms with Gasteiger partial charge in [-0.05, 0) is 44.9 Å². The number of hydrogen-bond donors (Lipinski definition) is 2. The van der Waals surface area contributed by atoms with E-state index in [0.717, 1.165) is 64.2 Å². The fraction of sp³-hybridized carbons (Fsp3) is 0.804. The minimum absolute atomic E-state index is 0.108. The second-order valence-electron chi connectivity index (χ2n) is 18.4. The number of esters is 3. The molecule has 0 saturated carbocycles. The molecule has 0 spiro atoms. The van der Waals surface area contributed by atoms with Gasteiger partial charge in [0.1, 0.15) is 12.7 Å². The van der Waals surface area contributed by atoms with Gasteiger partial charge in [0.25, 0.3) is 0 Å². The second-order valence-corrected chi connectivity index (χ2v) is 19.8. The first-order valence-electron chi connectivity index (χ1n) is 27.5. The highest BCUT2D eigenvalue weighted by atomic mass is 31.2. The Morgan fingerprint density at radius 2 is 0.765 bits per heavy atom. The summed E-state index contributed by atoms with van der Waals surface area (Å²) in [6.45, 7) is 4.47. The summed E-state index contributed by atoms with van der Waals surface area (Å²) in [5, 5.41) is 9.79. The zero-order chi connectivity index (χ0) is 49.9. The molecule has 0 fully saturated rings. The highest BCUT2D eigenvalue weighted by molar-refractivity contribution is 7.47. The van der Waals surface area contributed by atoms with E-state index in [1.165, 1.54) is 128 Å². The lowest BCUT2D eigenvalue weighted by atomic mass is 10.0. The largest absolute Gasteiger partial charge is 0.472 e. The Morgan fingerprint density at radius 3 is 1.15 bits per heavy atom. The summed E-state index contributed by atoms with van der Waals surface area (Å²) in [5.74, 6) is -1.55. The van der Waals surface area contributed by atoms with E-state index >= 15 is 0 Å². The second kappa shape index (κ2) is 50.8. The predicted molar refractivity (Wildman–Crippen MR) is 279 cm³/mol. The van der Waals surface area contributed by atoms with Crippen LogP contribution in [0.2, 0.25) is 0 Å². The minimum Gasteiger partial charge on any atom is -0.462 e. The van der Waals surface area contributed by atoms with E-state index in [0.29, 0.717) is 19.3 Å². The average Bonchev–Trinajstić information content (AvgIpc) is 3.32. The smallest absolute Gasteiger partial charge is 0.462 e. The fourth-order valence-corrected chi connectivity index (χ4v) is 8.39. The molecule has 0 aliphatic heterocycles. The van der Waals surface area contributed by atoms with Gasteiger partial charge in [0.15, 0.2) is 6.10 Å². The molecule has 0 rings (SSSR count). The van der Waals surface area contributed by atoms with Crippen LogP contribution in [0, 0.1) is 0 Å². The summed E-state index contributed by atoms with van der Waals surface area (Å²) in [7, 11) is -4.75. The Bertz CT molecular complexity index is 1330. The van der Waals surface area contributed by atoms with E-state index in [2.05, 4.69) is 57.2 Å². The van der Waals surface area contributed by atoms with E-state index in [-0.39, 0.29) is 25.9 Å². The summed E-state index contributed by atoms with van der Waals surface area (Å²) < 4.78 is 39.3. The maximum atomic E-state index is 12.9. The summed E-state index contributed by atoms with van der Waals surface area (Å²) in [6.07, 6.45) is 52.3. The molecule has 2 N–H and O–H groups in total. The number of aliphatic hydroxyl groups excluding tert-OH is 1. The van der Waals surface area contributed by atoms with Crippen LogP contribution in [0.1, 0.15) is 252 Å². The van der Waals surface area contributed by atoms with Gasteiger partial charge in [0.2, 0.25) is 0 Å². The van der Waals surface area contributed by atoms with E-state index < -0.39 is 57.8 Å². The topological polar surface area (TPSA) is 155 Å². The molecule has 68 heavy (non-hydrogen) atoms. The third-order valence-corrected chi connectivity index (χ3v) is 12.7. The molecule has 0 amide bonds. The SMILES string of the molecule is CC/C=C\C/C=C\C/C=C\C/C=C\CCC(=O)OCC(COP(=O)(O)OCC(CO)OC(=O)CCCCCCCCCCCCCCC)OC(=O)CCCCCCCCCCCCCCCCC. The summed E-state index contributed by atoms with van der Waals surface area (Å²) in [5.41, 5.74) is 0. The van der Waals surface area contributed by atoms with Crippen LogP contribution in [0.4, 0.5) is 0 Å². The van der Waals surface area contributed by atoms with Crippen molar-refractivity contribution in [2.24, 2.45) is 0 Å². The first-order chi connectivity index (χ1) is 33.2. The molecule has 396 valence electrons. The lowest BCUT2D eigenvalue weighted by molar-refractivity contribution is -0.161. The molecule has 0 aromatic rings. The van der Waals surface area contributed by atoms with Gasteiger partial charge in [-0.2, -0.15) is 0 Å². The Balaban J connectivity index is 4.77. The van der Waals surface area contributed by atoms with E-state index in [9.17, 15) is 28.9 Å². The Hall–Kier alpha value is -2.56. The molecule has 11 nitrogen and oxygen atoms in total. The standard InChI is InChI=1S/C56H101O11P/c1-4-7-10-13-16-19-22-25-26-29-32-35-38-41-44-47-56(60)67-53(49-63-54(58)45-42-39-36-33-30-27-23-20-17-14-11-8-5-2)51-65-68(61,62)64-50-52(48-57)66-55(59)46-43-40-37-34-31-28-24-21-18-15-12-9-6-3/h8,11,17,20,27,30,36,39,52-53,57H,4-7,9-10,12-16,18-19,21-26,28-29,31-35,37-38,40-51H2,1-3H3,(H,61,62)/b11-8-,20-17-,30-27-,39-36-. The van der Waals surface area contributed by atoms with Crippen LogP contribution in [0.15, 0.2) is 48.6 Å². The Kier molecular flexibility index (Phi) is 48.9. The summed E-state index contributed by atoms with van der Waals surface area (Å²) >= 11 is 0. The van der Waals surface area contributed by atoms with Gasteiger partial charge in [-0.3, -0.25) is 23.4 Å². The number of carbonyl (C=O) groups excluding carboxylic acids is 3. The minimum atomic E-state index is -4.75. The van der Waals surface area contributed by atoms with Crippen molar-refractivity contribution in [2.45, 2.75) is 264 Å². The van der Waals surface area contributed by atoms with E-state index in [4.69, 9.17) is 23.3 Å². The third-order valence-electron chi connectivity index (χ3n) is 11.8. The average molecular weight is 981 g/mol. The first-order valence-corrected chi connectivity index (χ1v) is 29.0. The number of allylic oxidation sites excluding steroid dienone is 8. The lowest BCUT2D eigenvalue weighted by Gasteiger charge is -2.21. The molecule has 0 aromatic carbocycles. The number of rotatable bonds is 51. The molecule has 3 atom stereocenters. The zero-order valence-corrected chi connectivity index (χ0v) is 44.5. The van der Waals surface area contributed by atoms with Gasteiger partial charge in [-0.25, -0.2) is 4.57 Å². The molecule has 0 radical (unpaired) electrons. The maximum absolute atomic E-state index is 12.9. The number of carbonyl (C=O) groups is 3. The molecular weight excluding hydrogens is 880 g/mol.